The lowest BCUT2D eigenvalue weighted by Crippen LogP contribution is -2.35. The van der Waals surface area contributed by atoms with E-state index in [1.165, 1.54) is 12.8 Å². The maximum atomic E-state index is 5.89. The minimum absolute atomic E-state index is 0.755. The monoisotopic (exact) mass is 191 g/mol. The van der Waals surface area contributed by atoms with Gasteiger partial charge in [0.05, 0.1) is 5.69 Å². The fourth-order valence-corrected chi connectivity index (χ4v) is 2.06. The lowest BCUT2D eigenvalue weighted by molar-refractivity contribution is 0.445. The summed E-state index contributed by atoms with van der Waals surface area (Å²) in [5.74, 6) is 1.71. The van der Waals surface area contributed by atoms with E-state index in [9.17, 15) is 0 Å². The van der Waals surface area contributed by atoms with Gasteiger partial charge in [0.2, 0.25) is 0 Å². The van der Waals surface area contributed by atoms with Crippen molar-refractivity contribution < 1.29 is 0 Å². The van der Waals surface area contributed by atoms with E-state index in [1.807, 2.05) is 18.3 Å². The topological polar surface area (TPSA) is 42.2 Å². The molecule has 2 rings (SSSR count). The highest BCUT2D eigenvalue weighted by Gasteiger charge is 2.18. The van der Waals surface area contributed by atoms with Crippen molar-refractivity contribution in [3.05, 3.63) is 18.3 Å². The molecule has 0 amide bonds. The molecule has 3 nitrogen and oxygen atoms in total. The van der Waals surface area contributed by atoms with Crippen molar-refractivity contribution in [1.82, 2.24) is 4.98 Å². The highest BCUT2D eigenvalue weighted by Crippen LogP contribution is 2.25. The Kier molecular flexibility index (Phi) is 2.57. The Bertz CT molecular complexity index is 311. The van der Waals surface area contributed by atoms with Crippen LogP contribution in [-0.2, 0) is 0 Å². The van der Waals surface area contributed by atoms with Crippen molar-refractivity contribution in [2.75, 3.05) is 23.7 Å². The van der Waals surface area contributed by atoms with Crippen LogP contribution in [0.2, 0.25) is 0 Å². The van der Waals surface area contributed by atoms with Crippen LogP contribution >= 0.6 is 0 Å². The molecule has 1 fully saturated rings. The Balaban J connectivity index is 2.18. The number of nitrogens with two attached hydrogens (primary N) is 1. The average Bonchev–Trinajstić information content (AvgIpc) is 2.18. The predicted octanol–water partition coefficient (Wildman–Crippen LogP) is 1.90. The van der Waals surface area contributed by atoms with Gasteiger partial charge in [-0.15, -0.1) is 0 Å². The summed E-state index contributed by atoms with van der Waals surface area (Å²) < 4.78 is 0. The van der Waals surface area contributed by atoms with E-state index in [1.54, 1.807) is 0 Å². The van der Waals surface area contributed by atoms with E-state index in [0.717, 1.165) is 30.5 Å². The zero-order valence-corrected chi connectivity index (χ0v) is 8.61. The van der Waals surface area contributed by atoms with Gasteiger partial charge in [0.25, 0.3) is 0 Å². The molecule has 0 saturated carbocycles. The third-order valence-electron chi connectivity index (χ3n) is 2.77. The highest BCUT2D eigenvalue weighted by atomic mass is 15.2. The summed E-state index contributed by atoms with van der Waals surface area (Å²) in [4.78, 5) is 6.63. The summed E-state index contributed by atoms with van der Waals surface area (Å²) in [5.41, 5.74) is 6.69. The summed E-state index contributed by atoms with van der Waals surface area (Å²) in [5, 5.41) is 0. The molecule has 0 aromatic carbocycles. The third kappa shape index (κ3) is 1.81. The van der Waals surface area contributed by atoms with E-state index >= 15 is 0 Å². The first-order chi connectivity index (χ1) is 6.77. The molecule has 0 aliphatic carbocycles. The van der Waals surface area contributed by atoms with Gasteiger partial charge >= 0.3 is 0 Å². The van der Waals surface area contributed by atoms with Crippen molar-refractivity contribution >= 4 is 11.5 Å². The number of rotatable bonds is 1. The smallest absolute Gasteiger partial charge is 0.151 e. The van der Waals surface area contributed by atoms with Gasteiger partial charge in [-0.05, 0) is 30.9 Å². The second-order valence-corrected chi connectivity index (χ2v) is 4.11. The molecule has 1 saturated heterocycles. The molecule has 76 valence electrons. The average molecular weight is 191 g/mol. The van der Waals surface area contributed by atoms with Crippen molar-refractivity contribution in [2.45, 2.75) is 19.8 Å². The Labute approximate surface area is 84.9 Å². The van der Waals surface area contributed by atoms with Gasteiger partial charge in [0, 0.05) is 19.3 Å². The van der Waals surface area contributed by atoms with E-state index in [2.05, 4.69) is 16.8 Å². The number of piperidine rings is 1. The van der Waals surface area contributed by atoms with Crippen LogP contribution in [0.5, 0.6) is 0 Å². The normalized spacial score (nSPS) is 22.4. The number of nitrogens with zero attached hydrogens (tertiary/aromatic N) is 2. The van der Waals surface area contributed by atoms with Gasteiger partial charge in [-0.25, -0.2) is 4.98 Å². The third-order valence-corrected chi connectivity index (χ3v) is 2.77. The first kappa shape index (κ1) is 9.31. The first-order valence-electron chi connectivity index (χ1n) is 5.23. The van der Waals surface area contributed by atoms with Crippen molar-refractivity contribution in [3.8, 4) is 0 Å². The van der Waals surface area contributed by atoms with Crippen molar-refractivity contribution in [2.24, 2.45) is 5.92 Å². The molecule has 0 radical (unpaired) electrons. The van der Waals surface area contributed by atoms with Crippen LogP contribution in [0.4, 0.5) is 11.5 Å². The van der Waals surface area contributed by atoms with Gasteiger partial charge in [-0.3, -0.25) is 0 Å². The largest absolute Gasteiger partial charge is 0.396 e. The maximum Gasteiger partial charge on any atom is 0.151 e. The lowest BCUT2D eigenvalue weighted by Gasteiger charge is -2.32. The second kappa shape index (κ2) is 3.86. The van der Waals surface area contributed by atoms with Crippen LogP contribution in [-0.4, -0.2) is 18.1 Å². The van der Waals surface area contributed by atoms with Gasteiger partial charge in [0.15, 0.2) is 5.82 Å². The number of anilines is 2. The minimum atomic E-state index is 0.755. The van der Waals surface area contributed by atoms with E-state index in [4.69, 9.17) is 5.73 Å². The standard InChI is InChI=1S/C11H17N3/c1-9-4-3-7-14(8-9)11-10(12)5-2-6-13-11/h2,5-6,9H,3-4,7-8,12H2,1H3/t9-/m0/s1. The van der Waals surface area contributed by atoms with Crippen LogP contribution in [0.25, 0.3) is 0 Å². The summed E-state index contributed by atoms with van der Waals surface area (Å²) >= 11 is 0. The molecule has 3 heteroatoms. The SMILES string of the molecule is C[C@H]1CCCN(c2ncccc2N)C1. The Hall–Kier alpha value is -1.25. The molecule has 2 N–H and O–H groups in total. The van der Waals surface area contributed by atoms with Crippen LogP contribution in [0.15, 0.2) is 18.3 Å². The number of hydrogen-bond donors (Lipinski definition) is 1. The van der Waals surface area contributed by atoms with E-state index in [-0.39, 0.29) is 0 Å². The molecule has 0 bridgehead atoms. The van der Waals surface area contributed by atoms with Gasteiger partial charge < -0.3 is 10.6 Å². The van der Waals surface area contributed by atoms with Gasteiger partial charge in [0.1, 0.15) is 0 Å². The molecular formula is C11H17N3. The van der Waals surface area contributed by atoms with Crippen molar-refractivity contribution in [3.63, 3.8) is 0 Å². The van der Waals surface area contributed by atoms with E-state index < -0.39 is 0 Å². The highest BCUT2D eigenvalue weighted by molar-refractivity contribution is 5.62. The fourth-order valence-electron chi connectivity index (χ4n) is 2.06. The molecule has 14 heavy (non-hydrogen) atoms. The number of aromatic nitrogens is 1. The fraction of sp³-hybridized carbons (Fsp3) is 0.545. The summed E-state index contributed by atoms with van der Waals surface area (Å²) in [6.07, 6.45) is 4.38. The van der Waals surface area contributed by atoms with Crippen LogP contribution in [0.3, 0.4) is 0 Å². The van der Waals surface area contributed by atoms with Crippen molar-refractivity contribution in [1.29, 1.82) is 0 Å². The molecular weight excluding hydrogens is 174 g/mol. The van der Waals surface area contributed by atoms with Crippen LogP contribution < -0.4 is 10.6 Å². The number of pyridine rings is 1. The van der Waals surface area contributed by atoms with Gasteiger partial charge in [-0.1, -0.05) is 6.92 Å². The maximum absolute atomic E-state index is 5.89. The van der Waals surface area contributed by atoms with E-state index in [0.29, 0.717) is 0 Å². The number of nitrogen functional groups attached to an aromatic ring is 1. The quantitative estimate of drug-likeness (QED) is 0.737. The Morgan fingerprint density at radius 1 is 1.57 bits per heavy atom. The molecule has 0 unspecified atom stereocenters. The zero-order chi connectivity index (χ0) is 9.97. The van der Waals surface area contributed by atoms with Crippen LogP contribution in [0, 0.1) is 5.92 Å². The minimum Gasteiger partial charge on any atom is -0.396 e. The summed E-state index contributed by atoms with van der Waals surface area (Å²) in [6, 6.07) is 3.80. The molecule has 1 aliphatic rings. The predicted molar refractivity (Wildman–Crippen MR) is 59.3 cm³/mol. The summed E-state index contributed by atoms with van der Waals surface area (Å²) in [7, 11) is 0. The molecule has 1 aromatic rings. The molecule has 1 aliphatic heterocycles. The molecule has 1 aromatic heterocycles. The molecule has 2 heterocycles. The lowest BCUT2D eigenvalue weighted by atomic mass is 10.0. The Morgan fingerprint density at radius 2 is 2.43 bits per heavy atom. The molecule has 1 atom stereocenters. The zero-order valence-electron chi connectivity index (χ0n) is 8.61. The second-order valence-electron chi connectivity index (χ2n) is 4.11. The van der Waals surface area contributed by atoms with Crippen LogP contribution in [0.1, 0.15) is 19.8 Å². The number of hydrogen-bond acceptors (Lipinski definition) is 3. The van der Waals surface area contributed by atoms with Gasteiger partial charge in [-0.2, -0.15) is 0 Å². The Morgan fingerprint density at radius 3 is 3.14 bits per heavy atom. The summed E-state index contributed by atoms with van der Waals surface area (Å²) in [6.45, 7) is 4.46. The molecule has 0 spiro atoms. The first-order valence-corrected chi connectivity index (χ1v) is 5.23.